The van der Waals surface area contributed by atoms with Gasteiger partial charge in [-0.15, -0.1) is 23.2 Å². The fourth-order valence-electron chi connectivity index (χ4n) is 6.18. The van der Waals surface area contributed by atoms with Crippen molar-refractivity contribution in [3.8, 4) is 0 Å². The molecular weight excluding hydrogens is 902 g/mol. The molecule has 4 unspecified atom stereocenters. The number of carbonyl (C=O) groups is 6. The van der Waals surface area contributed by atoms with Crippen molar-refractivity contribution in [2.24, 2.45) is 20.5 Å². The van der Waals surface area contributed by atoms with E-state index >= 15 is 0 Å². The Morgan fingerprint density at radius 3 is 1.31 bits per heavy atom. The molecule has 14 nitrogen and oxygen atoms in total. The molecule has 0 saturated heterocycles. The molecular formula is C46H42Cl4N8O6. The third-order valence-corrected chi connectivity index (χ3v) is 10.3. The van der Waals surface area contributed by atoms with Crippen LogP contribution in [0.4, 0.5) is 34.1 Å². The Hall–Kier alpha value is -6.32. The first kappa shape index (κ1) is 48.7. The average Bonchev–Trinajstić information content (AvgIpc) is 3.21. The van der Waals surface area contributed by atoms with Crippen molar-refractivity contribution in [1.29, 1.82) is 0 Å². The van der Waals surface area contributed by atoms with E-state index in [9.17, 15) is 28.8 Å². The molecule has 0 aliphatic carbocycles. The predicted molar refractivity (Wildman–Crippen MR) is 251 cm³/mol. The maximum absolute atomic E-state index is 13.5. The molecule has 0 bridgehead atoms. The van der Waals surface area contributed by atoms with Gasteiger partial charge in [0.1, 0.15) is 0 Å². The summed E-state index contributed by atoms with van der Waals surface area (Å²) in [6, 6.07) is 22.6. The van der Waals surface area contributed by atoms with Gasteiger partial charge in [-0.05, 0) is 137 Å². The number of carbonyl (C=O) groups excluding carboxylic acids is 6. The number of hydrogen-bond donors (Lipinski definition) is 4. The molecule has 0 aliphatic heterocycles. The summed E-state index contributed by atoms with van der Waals surface area (Å²) in [6.45, 7) is 9.32. The Balaban J connectivity index is 1.26. The maximum Gasteiger partial charge on any atom is 0.258 e. The van der Waals surface area contributed by atoms with Crippen LogP contribution in [0.1, 0.15) is 81.4 Å². The lowest BCUT2D eigenvalue weighted by Crippen LogP contribution is -2.33. The van der Waals surface area contributed by atoms with Crippen LogP contribution in [0.3, 0.4) is 0 Å². The van der Waals surface area contributed by atoms with Crippen LogP contribution in [0.2, 0.25) is 10.0 Å². The van der Waals surface area contributed by atoms with E-state index in [0.717, 1.165) is 11.1 Å². The van der Waals surface area contributed by atoms with Crippen LogP contribution in [0.5, 0.6) is 0 Å². The summed E-state index contributed by atoms with van der Waals surface area (Å²) in [5.74, 6) is -3.78. The van der Waals surface area contributed by atoms with Gasteiger partial charge in [-0.1, -0.05) is 47.5 Å². The standard InChI is InChI=1S/C46H42Cl4N8O6/c1-23-13-37(53-45(63)41(27(5)59)57-55-38-19-31(15-33(49)21-38)43(61)51-35-11-7-9-29(17-35)25(3)47)14-24(2)40(23)54-46(64)42(28(6)60)58-56-39-20-32(16-34(50)22-39)44(62)52-36-12-8-10-30(18-36)26(4)48/h7-22,25-26,41-42H,1-6H3,(H,51,61)(H,52,62)(H,53,63)(H,54,64). The zero-order chi connectivity index (χ0) is 46.8. The van der Waals surface area contributed by atoms with E-state index in [1.807, 2.05) is 26.0 Å². The van der Waals surface area contributed by atoms with Crippen LogP contribution in [-0.4, -0.2) is 47.3 Å². The van der Waals surface area contributed by atoms with E-state index in [0.29, 0.717) is 28.2 Å². The number of amides is 4. The Kier molecular flexibility index (Phi) is 16.6. The molecule has 64 heavy (non-hydrogen) atoms. The van der Waals surface area contributed by atoms with Gasteiger partial charge in [0.2, 0.25) is 12.1 Å². The number of anilines is 4. The Morgan fingerprint density at radius 2 is 0.922 bits per heavy atom. The number of hydrogen-bond acceptors (Lipinski definition) is 10. The summed E-state index contributed by atoms with van der Waals surface area (Å²) < 4.78 is 0. The molecule has 5 rings (SSSR count). The highest BCUT2D eigenvalue weighted by Gasteiger charge is 2.26. The van der Waals surface area contributed by atoms with Gasteiger partial charge in [-0.3, -0.25) is 28.8 Å². The van der Waals surface area contributed by atoms with Gasteiger partial charge in [0, 0.05) is 43.9 Å². The molecule has 5 aromatic carbocycles. The summed E-state index contributed by atoms with van der Waals surface area (Å²) in [6.07, 6.45) is 0. The lowest BCUT2D eigenvalue weighted by atomic mass is 10.1. The third-order valence-electron chi connectivity index (χ3n) is 9.39. The van der Waals surface area contributed by atoms with Crippen molar-refractivity contribution in [3.63, 3.8) is 0 Å². The first-order valence-electron chi connectivity index (χ1n) is 19.6. The molecule has 4 N–H and O–H groups in total. The second-order valence-electron chi connectivity index (χ2n) is 14.7. The number of halogens is 4. The quantitative estimate of drug-likeness (QED) is 0.0431. The second-order valence-corrected chi connectivity index (χ2v) is 16.9. The minimum Gasteiger partial charge on any atom is -0.324 e. The van der Waals surface area contributed by atoms with Crippen LogP contribution >= 0.6 is 46.4 Å². The highest BCUT2D eigenvalue weighted by Crippen LogP contribution is 2.29. The number of nitrogens with one attached hydrogen (secondary N) is 4. The van der Waals surface area contributed by atoms with Gasteiger partial charge >= 0.3 is 0 Å². The molecule has 0 heterocycles. The van der Waals surface area contributed by atoms with Crippen LogP contribution < -0.4 is 21.3 Å². The van der Waals surface area contributed by atoms with Crippen molar-refractivity contribution < 1.29 is 28.8 Å². The number of rotatable bonds is 16. The summed E-state index contributed by atoms with van der Waals surface area (Å²) in [5, 5.41) is 26.9. The van der Waals surface area contributed by atoms with Crippen molar-refractivity contribution in [1.82, 2.24) is 0 Å². The van der Waals surface area contributed by atoms with E-state index in [1.54, 1.807) is 62.4 Å². The molecule has 18 heteroatoms. The zero-order valence-corrected chi connectivity index (χ0v) is 38.3. The van der Waals surface area contributed by atoms with Gasteiger partial charge in [-0.2, -0.15) is 20.5 Å². The zero-order valence-electron chi connectivity index (χ0n) is 35.3. The molecule has 0 fully saturated rings. The maximum atomic E-state index is 13.5. The van der Waals surface area contributed by atoms with Crippen LogP contribution in [0.25, 0.3) is 0 Å². The van der Waals surface area contributed by atoms with Crippen molar-refractivity contribution in [2.45, 2.75) is 64.4 Å². The number of Topliss-reactive ketones (excluding diaryl/α,β-unsaturated/α-hetero) is 2. The van der Waals surface area contributed by atoms with Crippen molar-refractivity contribution in [2.75, 3.05) is 21.3 Å². The average molecular weight is 945 g/mol. The number of nitrogens with zero attached hydrogens (tertiary/aromatic N) is 4. The number of azo groups is 2. The summed E-state index contributed by atoms with van der Waals surface area (Å²) in [5.41, 5.74) is 4.82. The van der Waals surface area contributed by atoms with Crippen LogP contribution in [-0.2, 0) is 19.2 Å². The fourth-order valence-corrected chi connectivity index (χ4v) is 6.91. The molecule has 0 radical (unpaired) electrons. The van der Waals surface area contributed by atoms with Gasteiger partial charge in [0.15, 0.2) is 11.6 Å². The predicted octanol–water partition coefficient (Wildman–Crippen LogP) is 12.1. The van der Waals surface area contributed by atoms with Gasteiger partial charge in [-0.25, -0.2) is 0 Å². The molecule has 4 amide bonds. The van der Waals surface area contributed by atoms with E-state index in [1.165, 1.54) is 50.2 Å². The second kappa shape index (κ2) is 21.8. The number of alkyl halides is 2. The monoisotopic (exact) mass is 942 g/mol. The topological polar surface area (TPSA) is 200 Å². The minimum absolute atomic E-state index is 0.120. The number of ketones is 2. The highest BCUT2D eigenvalue weighted by atomic mass is 35.5. The highest BCUT2D eigenvalue weighted by molar-refractivity contribution is 6.32. The van der Waals surface area contributed by atoms with Crippen LogP contribution in [0.15, 0.2) is 118 Å². The van der Waals surface area contributed by atoms with Crippen molar-refractivity contribution in [3.05, 3.63) is 140 Å². The Labute approximate surface area is 389 Å². The Morgan fingerprint density at radius 1 is 0.516 bits per heavy atom. The molecule has 0 spiro atoms. The largest absolute Gasteiger partial charge is 0.324 e. The smallest absolute Gasteiger partial charge is 0.258 e. The molecule has 330 valence electrons. The van der Waals surface area contributed by atoms with E-state index < -0.39 is 47.3 Å². The molecule has 0 saturated carbocycles. The SMILES string of the molecule is CC(=O)C(N=Nc1cc(Cl)cc(C(=O)Nc2cccc(C(C)Cl)c2)c1)C(=O)Nc1cc(C)c(NC(=O)C(N=Nc2cc(Cl)cc(C(=O)Nc3cccc(C(C)Cl)c3)c2)C(C)=O)c(C)c1. The van der Waals surface area contributed by atoms with E-state index in [-0.39, 0.29) is 49.0 Å². The Bertz CT molecular complexity index is 2680. The fraction of sp³-hybridized carbons (Fsp3) is 0.217. The first-order chi connectivity index (χ1) is 30.3. The van der Waals surface area contributed by atoms with Gasteiger partial charge < -0.3 is 21.3 Å². The summed E-state index contributed by atoms with van der Waals surface area (Å²) in [7, 11) is 0. The number of aryl methyl sites for hydroxylation is 2. The third kappa shape index (κ3) is 13.3. The van der Waals surface area contributed by atoms with Gasteiger partial charge in [0.25, 0.3) is 23.6 Å². The molecule has 5 aromatic rings. The molecule has 4 atom stereocenters. The van der Waals surface area contributed by atoms with E-state index in [2.05, 4.69) is 41.7 Å². The van der Waals surface area contributed by atoms with Gasteiger partial charge in [0.05, 0.1) is 22.1 Å². The lowest BCUT2D eigenvalue weighted by molar-refractivity contribution is -0.127. The van der Waals surface area contributed by atoms with E-state index in [4.69, 9.17) is 46.4 Å². The van der Waals surface area contributed by atoms with Crippen LogP contribution in [0, 0.1) is 13.8 Å². The first-order valence-corrected chi connectivity index (χ1v) is 21.2. The normalized spacial score (nSPS) is 13.2. The minimum atomic E-state index is -1.57. The number of benzene rings is 5. The summed E-state index contributed by atoms with van der Waals surface area (Å²) >= 11 is 25.0. The lowest BCUT2D eigenvalue weighted by Gasteiger charge is -2.17. The molecule has 0 aliphatic rings. The molecule has 0 aromatic heterocycles. The van der Waals surface area contributed by atoms with Crippen molar-refractivity contribution >= 4 is 116 Å². The summed E-state index contributed by atoms with van der Waals surface area (Å²) in [4.78, 5) is 78.3.